The Hall–Kier alpha value is -1.88. The monoisotopic (exact) mass is 344 g/mol. The highest BCUT2D eigenvalue weighted by atomic mass is 16.3. The molecule has 136 valence electrons. The summed E-state index contributed by atoms with van der Waals surface area (Å²) in [5.74, 6) is -0.269. The van der Waals surface area contributed by atoms with Gasteiger partial charge in [0.15, 0.2) is 0 Å². The first-order valence-electron chi connectivity index (χ1n) is 9.24. The second-order valence-electron chi connectivity index (χ2n) is 7.53. The zero-order chi connectivity index (χ0) is 18.1. The van der Waals surface area contributed by atoms with Crippen molar-refractivity contribution in [3.8, 4) is 0 Å². The van der Waals surface area contributed by atoms with E-state index in [1.807, 2.05) is 4.90 Å². The lowest BCUT2D eigenvalue weighted by molar-refractivity contribution is -0.140. The number of amides is 2. The van der Waals surface area contributed by atoms with Crippen molar-refractivity contribution >= 4 is 11.8 Å². The summed E-state index contributed by atoms with van der Waals surface area (Å²) in [6.45, 7) is 6.39. The van der Waals surface area contributed by atoms with Crippen LogP contribution in [-0.2, 0) is 9.59 Å². The molecule has 1 heterocycles. The summed E-state index contributed by atoms with van der Waals surface area (Å²) in [6.07, 6.45) is 2.70. The molecule has 3 rings (SSSR count). The Morgan fingerprint density at radius 1 is 1.20 bits per heavy atom. The number of hydrogen-bond donors (Lipinski definition) is 2. The molecule has 2 fully saturated rings. The van der Waals surface area contributed by atoms with Gasteiger partial charge in [-0.2, -0.15) is 0 Å². The van der Waals surface area contributed by atoms with Crippen LogP contribution in [0, 0.1) is 19.8 Å². The van der Waals surface area contributed by atoms with E-state index >= 15 is 0 Å². The first kappa shape index (κ1) is 17.9. The third-order valence-electron chi connectivity index (χ3n) is 5.45. The van der Waals surface area contributed by atoms with E-state index in [0.29, 0.717) is 6.54 Å². The number of nitrogens with zero attached hydrogens (tertiary/aromatic N) is 1. The Balaban J connectivity index is 1.77. The Morgan fingerprint density at radius 2 is 1.92 bits per heavy atom. The van der Waals surface area contributed by atoms with E-state index in [4.69, 9.17) is 0 Å². The van der Waals surface area contributed by atoms with Gasteiger partial charge in [-0.3, -0.25) is 9.59 Å². The van der Waals surface area contributed by atoms with Gasteiger partial charge in [-0.1, -0.05) is 18.2 Å². The molecule has 1 aliphatic heterocycles. The summed E-state index contributed by atoms with van der Waals surface area (Å²) in [5.41, 5.74) is 3.58. The molecule has 1 saturated heterocycles. The SMILES string of the molecule is Cc1ccc([C@@H]2CCCN2C(=O)[C@@H](NC(=O)C2CC2)[C@H](C)O)cc1C. The first-order valence-corrected chi connectivity index (χ1v) is 9.24. The van der Waals surface area contributed by atoms with Gasteiger partial charge in [0.05, 0.1) is 12.1 Å². The third-order valence-corrected chi connectivity index (χ3v) is 5.45. The van der Waals surface area contributed by atoms with Gasteiger partial charge in [-0.25, -0.2) is 0 Å². The second kappa shape index (κ2) is 7.16. The molecular weight excluding hydrogens is 316 g/mol. The van der Waals surface area contributed by atoms with Crippen molar-refractivity contribution in [2.75, 3.05) is 6.54 Å². The molecule has 2 aliphatic rings. The van der Waals surface area contributed by atoms with Crippen molar-refractivity contribution < 1.29 is 14.7 Å². The summed E-state index contributed by atoms with van der Waals surface area (Å²) in [5, 5.41) is 12.8. The molecule has 0 unspecified atom stereocenters. The maximum Gasteiger partial charge on any atom is 0.248 e. The first-order chi connectivity index (χ1) is 11.9. The number of hydrogen-bond acceptors (Lipinski definition) is 3. The molecule has 1 saturated carbocycles. The Kier molecular flexibility index (Phi) is 5.13. The molecule has 2 amide bonds. The fraction of sp³-hybridized carbons (Fsp3) is 0.600. The van der Waals surface area contributed by atoms with Crippen LogP contribution < -0.4 is 5.32 Å². The number of aliphatic hydroxyl groups is 1. The Morgan fingerprint density at radius 3 is 2.52 bits per heavy atom. The van der Waals surface area contributed by atoms with Crippen LogP contribution in [0.15, 0.2) is 18.2 Å². The molecule has 1 aliphatic carbocycles. The minimum Gasteiger partial charge on any atom is -0.391 e. The maximum absolute atomic E-state index is 13.1. The zero-order valence-corrected chi connectivity index (χ0v) is 15.3. The number of nitrogens with one attached hydrogen (secondary N) is 1. The van der Waals surface area contributed by atoms with Crippen LogP contribution in [0.3, 0.4) is 0 Å². The smallest absolute Gasteiger partial charge is 0.248 e. The summed E-state index contributed by atoms with van der Waals surface area (Å²) in [6, 6.07) is 5.48. The number of carbonyl (C=O) groups excluding carboxylic acids is 2. The predicted octanol–water partition coefficient (Wildman–Crippen LogP) is 2.24. The van der Waals surface area contributed by atoms with E-state index < -0.39 is 12.1 Å². The van der Waals surface area contributed by atoms with Gasteiger partial charge >= 0.3 is 0 Å². The van der Waals surface area contributed by atoms with Crippen LogP contribution in [0.5, 0.6) is 0 Å². The van der Waals surface area contributed by atoms with Crippen molar-refractivity contribution in [2.24, 2.45) is 5.92 Å². The standard InChI is InChI=1S/C20H28N2O3/c1-12-6-7-16(11-13(12)2)17-5-4-10-22(17)20(25)18(14(3)23)21-19(24)15-8-9-15/h6-7,11,14-15,17-18,23H,4-5,8-10H2,1-3H3,(H,21,24)/t14-,17-,18-/m0/s1. The highest BCUT2D eigenvalue weighted by Gasteiger charge is 2.39. The van der Waals surface area contributed by atoms with E-state index in [9.17, 15) is 14.7 Å². The summed E-state index contributed by atoms with van der Waals surface area (Å²) < 4.78 is 0. The molecule has 5 heteroatoms. The zero-order valence-electron chi connectivity index (χ0n) is 15.3. The van der Waals surface area contributed by atoms with Crippen molar-refractivity contribution in [1.29, 1.82) is 0 Å². The number of aliphatic hydroxyl groups excluding tert-OH is 1. The molecule has 1 aromatic rings. The molecule has 0 spiro atoms. The molecule has 3 atom stereocenters. The summed E-state index contributed by atoms with van der Waals surface area (Å²) in [7, 11) is 0. The molecule has 5 nitrogen and oxygen atoms in total. The second-order valence-corrected chi connectivity index (χ2v) is 7.53. The van der Waals surface area contributed by atoms with Gasteiger partial charge in [-0.05, 0) is 63.1 Å². The molecule has 0 aromatic heterocycles. The Labute approximate surface area is 149 Å². The van der Waals surface area contributed by atoms with Gasteiger partial charge in [0, 0.05) is 12.5 Å². The molecule has 25 heavy (non-hydrogen) atoms. The van der Waals surface area contributed by atoms with E-state index in [1.54, 1.807) is 6.92 Å². The lowest BCUT2D eigenvalue weighted by atomic mass is 9.99. The maximum atomic E-state index is 13.1. The average molecular weight is 344 g/mol. The number of carbonyl (C=O) groups is 2. The van der Waals surface area contributed by atoms with E-state index in [0.717, 1.165) is 31.2 Å². The molecule has 2 N–H and O–H groups in total. The van der Waals surface area contributed by atoms with E-state index in [-0.39, 0.29) is 23.8 Å². The van der Waals surface area contributed by atoms with Crippen molar-refractivity contribution in [3.05, 3.63) is 34.9 Å². The normalized spacial score (nSPS) is 22.6. The molecule has 1 aromatic carbocycles. The van der Waals surface area contributed by atoms with Crippen LogP contribution in [0.25, 0.3) is 0 Å². The van der Waals surface area contributed by atoms with Gasteiger partial charge in [0.2, 0.25) is 11.8 Å². The number of rotatable bonds is 5. The van der Waals surface area contributed by atoms with Crippen molar-refractivity contribution in [2.45, 2.75) is 64.6 Å². The predicted molar refractivity (Wildman–Crippen MR) is 95.9 cm³/mol. The quantitative estimate of drug-likeness (QED) is 0.861. The van der Waals surface area contributed by atoms with Crippen LogP contribution in [0.4, 0.5) is 0 Å². The van der Waals surface area contributed by atoms with Crippen LogP contribution in [0.1, 0.15) is 55.3 Å². The van der Waals surface area contributed by atoms with Gasteiger partial charge in [0.25, 0.3) is 0 Å². The minimum atomic E-state index is -0.906. The topological polar surface area (TPSA) is 69.6 Å². The van der Waals surface area contributed by atoms with Crippen LogP contribution in [0.2, 0.25) is 0 Å². The third kappa shape index (κ3) is 3.87. The fourth-order valence-corrected chi connectivity index (χ4v) is 3.53. The fourth-order valence-electron chi connectivity index (χ4n) is 3.53. The van der Waals surface area contributed by atoms with Gasteiger partial charge in [0.1, 0.15) is 6.04 Å². The van der Waals surface area contributed by atoms with Crippen molar-refractivity contribution in [3.63, 3.8) is 0 Å². The number of likely N-dealkylation sites (tertiary alicyclic amines) is 1. The Bertz CT molecular complexity index is 667. The van der Waals surface area contributed by atoms with Crippen LogP contribution in [-0.4, -0.2) is 40.5 Å². The average Bonchev–Trinajstić information content (AvgIpc) is 3.31. The lowest BCUT2D eigenvalue weighted by Gasteiger charge is -2.31. The summed E-state index contributed by atoms with van der Waals surface area (Å²) >= 11 is 0. The van der Waals surface area contributed by atoms with E-state index in [2.05, 4.69) is 37.4 Å². The van der Waals surface area contributed by atoms with Crippen LogP contribution >= 0.6 is 0 Å². The van der Waals surface area contributed by atoms with Gasteiger partial charge < -0.3 is 15.3 Å². The largest absolute Gasteiger partial charge is 0.391 e. The number of benzene rings is 1. The lowest BCUT2D eigenvalue weighted by Crippen LogP contribution is -2.53. The summed E-state index contributed by atoms with van der Waals surface area (Å²) in [4.78, 5) is 27.0. The van der Waals surface area contributed by atoms with Gasteiger partial charge in [-0.15, -0.1) is 0 Å². The highest BCUT2D eigenvalue weighted by molar-refractivity contribution is 5.90. The highest BCUT2D eigenvalue weighted by Crippen LogP contribution is 2.34. The van der Waals surface area contributed by atoms with Crippen molar-refractivity contribution in [1.82, 2.24) is 10.2 Å². The number of aryl methyl sites for hydroxylation is 2. The minimum absolute atomic E-state index is 0.0168. The molecule has 0 radical (unpaired) electrons. The molecule has 0 bridgehead atoms. The molecular formula is C20H28N2O3. The van der Waals surface area contributed by atoms with E-state index in [1.165, 1.54) is 11.1 Å².